The Hall–Kier alpha value is -3.72. The number of carbonyl (C=O) groups excluding carboxylic acids is 1. The number of rotatable bonds is 6. The number of pyridine rings is 1. The number of nitrogens with one attached hydrogen (secondary N) is 1. The van der Waals surface area contributed by atoms with Gasteiger partial charge in [-0.1, -0.05) is 17.3 Å². The third-order valence-electron chi connectivity index (χ3n) is 4.96. The van der Waals surface area contributed by atoms with Crippen molar-refractivity contribution in [3.8, 4) is 11.4 Å². The van der Waals surface area contributed by atoms with Gasteiger partial charge in [0.2, 0.25) is 11.7 Å². The number of nitrogens with zero attached hydrogens (tertiary/aromatic N) is 4. The molecule has 1 aromatic carbocycles. The number of benzene rings is 1. The first-order valence-corrected chi connectivity index (χ1v) is 9.90. The van der Waals surface area contributed by atoms with Crippen LogP contribution in [0.15, 0.2) is 47.2 Å². The Bertz CT molecular complexity index is 1250. The SMILES string of the molecule is Cc1ccc(-c2noc(CCC(C)(C)O)n2)cc1NC(=O)c1cnc2c(N)cccn12. The van der Waals surface area contributed by atoms with Crippen LogP contribution in [0, 0.1) is 6.92 Å². The first kappa shape index (κ1) is 20.5. The first-order valence-electron chi connectivity index (χ1n) is 9.90. The molecule has 4 rings (SSSR count). The van der Waals surface area contributed by atoms with Crippen molar-refractivity contribution in [2.45, 2.75) is 39.2 Å². The number of amides is 1. The summed E-state index contributed by atoms with van der Waals surface area (Å²) in [5, 5.41) is 16.8. The van der Waals surface area contributed by atoms with Crippen LogP contribution in [-0.2, 0) is 6.42 Å². The van der Waals surface area contributed by atoms with Gasteiger partial charge < -0.3 is 20.7 Å². The van der Waals surface area contributed by atoms with Crippen molar-refractivity contribution in [2.24, 2.45) is 0 Å². The molecule has 9 heteroatoms. The smallest absolute Gasteiger partial charge is 0.274 e. The van der Waals surface area contributed by atoms with Crippen LogP contribution in [0.1, 0.15) is 42.2 Å². The van der Waals surface area contributed by atoms with Crippen LogP contribution in [0.3, 0.4) is 0 Å². The normalized spacial score (nSPS) is 11.7. The standard InChI is InChI=1S/C22H24N6O3/c1-13-6-7-14(19-26-18(31-27-19)8-9-22(2,3)30)11-16(13)25-21(29)17-12-24-20-15(23)5-4-10-28(17)20/h4-7,10-12,30H,8-9,23H2,1-3H3,(H,25,29). The molecular weight excluding hydrogens is 396 g/mol. The van der Waals surface area contributed by atoms with Crippen molar-refractivity contribution in [1.82, 2.24) is 19.5 Å². The Morgan fingerprint density at radius 3 is 2.90 bits per heavy atom. The summed E-state index contributed by atoms with van der Waals surface area (Å²) in [4.78, 5) is 21.5. The number of anilines is 2. The monoisotopic (exact) mass is 420 g/mol. The number of hydrogen-bond acceptors (Lipinski definition) is 7. The highest BCUT2D eigenvalue weighted by Gasteiger charge is 2.18. The van der Waals surface area contributed by atoms with E-state index in [9.17, 15) is 9.90 Å². The minimum atomic E-state index is -0.807. The Labute approximate surface area is 178 Å². The van der Waals surface area contributed by atoms with E-state index < -0.39 is 5.60 Å². The Kier molecular flexibility index (Phi) is 5.20. The highest BCUT2D eigenvalue weighted by atomic mass is 16.5. The summed E-state index contributed by atoms with van der Waals surface area (Å²) in [6.07, 6.45) is 4.22. The van der Waals surface area contributed by atoms with E-state index in [0.717, 1.165) is 5.56 Å². The van der Waals surface area contributed by atoms with Crippen molar-refractivity contribution in [1.29, 1.82) is 0 Å². The average molecular weight is 420 g/mol. The fraction of sp³-hybridized carbons (Fsp3) is 0.273. The molecule has 1 amide bonds. The molecule has 4 aromatic rings. The molecule has 4 N–H and O–H groups in total. The van der Waals surface area contributed by atoms with E-state index in [-0.39, 0.29) is 5.91 Å². The summed E-state index contributed by atoms with van der Waals surface area (Å²) < 4.78 is 6.95. The molecule has 9 nitrogen and oxygen atoms in total. The lowest BCUT2D eigenvalue weighted by Gasteiger charge is -2.14. The zero-order valence-corrected chi connectivity index (χ0v) is 17.6. The number of aryl methyl sites for hydroxylation is 2. The number of aliphatic hydroxyl groups is 1. The minimum Gasteiger partial charge on any atom is -0.396 e. The molecule has 0 radical (unpaired) electrons. The van der Waals surface area contributed by atoms with Gasteiger partial charge in [0.1, 0.15) is 5.69 Å². The third-order valence-corrected chi connectivity index (χ3v) is 4.96. The molecule has 0 aliphatic rings. The van der Waals surface area contributed by atoms with Gasteiger partial charge in [-0.25, -0.2) is 4.98 Å². The lowest BCUT2D eigenvalue weighted by Crippen LogP contribution is -2.19. The number of nitrogen functional groups attached to an aromatic ring is 1. The van der Waals surface area contributed by atoms with Crippen LogP contribution in [-0.4, -0.2) is 36.1 Å². The molecule has 0 spiro atoms. The molecule has 0 saturated heterocycles. The second-order valence-corrected chi connectivity index (χ2v) is 8.11. The summed E-state index contributed by atoms with van der Waals surface area (Å²) in [7, 11) is 0. The van der Waals surface area contributed by atoms with Gasteiger partial charge in [0.25, 0.3) is 5.91 Å². The van der Waals surface area contributed by atoms with Gasteiger partial charge in [0.05, 0.1) is 17.5 Å². The van der Waals surface area contributed by atoms with Crippen LogP contribution < -0.4 is 11.1 Å². The van der Waals surface area contributed by atoms with Crippen molar-refractivity contribution in [2.75, 3.05) is 11.1 Å². The summed E-state index contributed by atoms with van der Waals surface area (Å²) in [5.41, 5.74) is 8.75. The summed E-state index contributed by atoms with van der Waals surface area (Å²) in [6, 6.07) is 9.04. The Balaban J connectivity index is 1.56. The van der Waals surface area contributed by atoms with E-state index in [1.165, 1.54) is 6.20 Å². The molecular formula is C22H24N6O3. The lowest BCUT2D eigenvalue weighted by atomic mass is 10.0. The fourth-order valence-electron chi connectivity index (χ4n) is 3.17. The van der Waals surface area contributed by atoms with Crippen LogP contribution in [0.25, 0.3) is 17.0 Å². The summed E-state index contributed by atoms with van der Waals surface area (Å²) >= 11 is 0. The molecule has 160 valence electrons. The molecule has 0 fully saturated rings. The van der Waals surface area contributed by atoms with E-state index in [1.54, 1.807) is 42.6 Å². The molecule has 0 aliphatic carbocycles. The summed E-state index contributed by atoms with van der Waals surface area (Å²) in [5.74, 6) is 0.563. The zero-order chi connectivity index (χ0) is 22.2. The predicted molar refractivity (Wildman–Crippen MR) is 117 cm³/mol. The van der Waals surface area contributed by atoms with Gasteiger partial charge in [-0.05, 0) is 51.0 Å². The van der Waals surface area contributed by atoms with E-state index >= 15 is 0 Å². The highest BCUT2D eigenvalue weighted by molar-refractivity contribution is 6.04. The maximum Gasteiger partial charge on any atom is 0.274 e. The van der Waals surface area contributed by atoms with Crippen molar-refractivity contribution >= 4 is 22.9 Å². The summed E-state index contributed by atoms with van der Waals surface area (Å²) in [6.45, 7) is 5.37. The molecule has 3 heterocycles. The van der Waals surface area contributed by atoms with Gasteiger partial charge in [-0.3, -0.25) is 9.20 Å². The minimum absolute atomic E-state index is 0.308. The fourth-order valence-corrected chi connectivity index (χ4v) is 3.17. The van der Waals surface area contributed by atoms with Gasteiger partial charge in [0, 0.05) is 23.9 Å². The number of fused-ring (bicyclic) bond motifs is 1. The van der Waals surface area contributed by atoms with Crippen LogP contribution >= 0.6 is 0 Å². The Morgan fingerprint density at radius 2 is 2.13 bits per heavy atom. The van der Waals surface area contributed by atoms with Gasteiger partial charge >= 0.3 is 0 Å². The Morgan fingerprint density at radius 1 is 1.32 bits per heavy atom. The van der Waals surface area contributed by atoms with Crippen molar-refractivity contribution in [3.63, 3.8) is 0 Å². The van der Waals surface area contributed by atoms with Crippen molar-refractivity contribution < 1.29 is 14.4 Å². The molecule has 3 aromatic heterocycles. The molecule has 0 saturated carbocycles. The van der Waals surface area contributed by atoms with E-state index in [0.29, 0.717) is 52.8 Å². The molecule has 0 bridgehead atoms. The lowest BCUT2D eigenvalue weighted by molar-refractivity contribution is 0.0689. The molecule has 31 heavy (non-hydrogen) atoms. The maximum absolute atomic E-state index is 12.9. The second kappa shape index (κ2) is 7.84. The van der Waals surface area contributed by atoms with E-state index in [2.05, 4.69) is 20.4 Å². The van der Waals surface area contributed by atoms with Gasteiger partial charge in [-0.2, -0.15) is 4.98 Å². The third kappa shape index (κ3) is 4.41. The van der Waals surface area contributed by atoms with Crippen LogP contribution in [0.5, 0.6) is 0 Å². The van der Waals surface area contributed by atoms with Gasteiger partial charge in [-0.15, -0.1) is 0 Å². The zero-order valence-electron chi connectivity index (χ0n) is 17.6. The van der Waals surface area contributed by atoms with Crippen LogP contribution in [0.2, 0.25) is 0 Å². The molecule has 0 unspecified atom stereocenters. The second-order valence-electron chi connectivity index (χ2n) is 8.11. The largest absolute Gasteiger partial charge is 0.396 e. The van der Waals surface area contributed by atoms with E-state index in [1.807, 2.05) is 19.1 Å². The average Bonchev–Trinajstić information content (AvgIpc) is 3.35. The number of carbonyl (C=O) groups is 1. The quantitative estimate of drug-likeness (QED) is 0.436. The highest BCUT2D eigenvalue weighted by Crippen LogP contribution is 2.25. The molecule has 0 atom stereocenters. The number of nitrogens with two attached hydrogens (primary N) is 1. The predicted octanol–water partition coefficient (Wildman–Crippen LogP) is 3.23. The van der Waals surface area contributed by atoms with Gasteiger partial charge in [0.15, 0.2) is 5.65 Å². The van der Waals surface area contributed by atoms with Crippen LogP contribution in [0.4, 0.5) is 11.4 Å². The topological polar surface area (TPSA) is 132 Å². The number of imidazole rings is 1. The van der Waals surface area contributed by atoms with Crippen molar-refractivity contribution in [3.05, 3.63) is 59.9 Å². The number of aromatic nitrogens is 4. The first-order chi connectivity index (χ1) is 14.7. The van der Waals surface area contributed by atoms with E-state index in [4.69, 9.17) is 10.3 Å². The maximum atomic E-state index is 12.9. The number of hydrogen-bond donors (Lipinski definition) is 3. The molecule has 0 aliphatic heterocycles.